The van der Waals surface area contributed by atoms with Crippen molar-refractivity contribution in [2.24, 2.45) is 25.9 Å². The number of fused-ring (bicyclic) bond motifs is 8. The molecule has 0 spiro atoms. The van der Waals surface area contributed by atoms with Crippen molar-refractivity contribution in [3.63, 3.8) is 0 Å². The zero-order valence-corrected chi connectivity index (χ0v) is 51.4. The van der Waals surface area contributed by atoms with Gasteiger partial charge in [-0.2, -0.15) is 20.4 Å². The first kappa shape index (κ1) is 57.4. The van der Waals surface area contributed by atoms with Crippen molar-refractivity contribution in [1.82, 2.24) is 59.1 Å². The maximum Gasteiger partial charge on any atom is 0.181 e. The van der Waals surface area contributed by atoms with Gasteiger partial charge in [-0.3, -0.25) is 9.36 Å². The summed E-state index contributed by atoms with van der Waals surface area (Å²) in [6.07, 6.45) is 4.33. The number of aliphatic hydroxyl groups excluding tert-OH is 2. The Bertz CT molecular complexity index is 3660. The van der Waals surface area contributed by atoms with Gasteiger partial charge in [0.05, 0.1) is 47.1 Å². The van der Waals surface area contributed by atoms with Crippen LogP contribution in [0.3, 0.4) is 0 Å². The Morgan fingerprint density at radius 2 is 1.10 bits per heavy atom. The van der Waals surface area contributed by atoms with Crippen LogP contribution in [0.1, 0.15) is 63.8 Å². The summed E-state index contributed by atoms with van der Waals surface area (Å²) in [6, 6.07) is 8.42. The lowest BCUT2D eigenvalue weighted by Gasteiger charge is -2.41. The Labute approximate surface area is 478 Å². The molecule has 0 unspecified atom stereocenters. The summed E-state index contributed by atoms with van der Waals surface area (Å²) in [6.45, 7) is 18.3. The molecule has 10 heterocycles. The van der Waals surface area contributed by atoms with E-state index in [0.29, 0.717) is 96.4 Å². The van der Waals surface area contributed by atoms with Crippen molar-refractivity contribution in [2.75, 3.05) is 23.0 Å². The number of aryl methyl sites for hydroxylation is 2. The van der Waals surface area contributed by atoms with E-state index in [2.05, 4.69) is 65.4 Å². The lowest BCUT2D eigenvalue weighted by atomic mass is 9.90. The van der Waals surface area contributed by atoms with Gasteiger partial charge in [0.25, 0.3) is 0 Å². The molecule has 4 saturated heterocycles. The third-order valence-corrected chi connectivity index (χ3v) is 21.1. The maximum atomic E-state index is 16.0. The van der Waals surface area contributed by atoms with Crippen molar-refractivity contribution in [1.29, 1.82) is 0 Å². The largest absolute Gasteiger partial charge is 0.390 e. The predicted molar refractivity (Wildman–Crippen MR) is 314 cm³/mol. The molecule has 0 saturated carbocycles. The summed E-state index contributed by atoms with van der Waals surface area (Å²) in [4.78, 5) is 23.6. The van der Waals surface area contributed by atoms with Gasteiger partial charge in [-0.25, -0.2) is 46.9 Å². The first-order valence-electron chi connectivity index (χ1n) is 28.2. The molecule has 0 radical (unpaired) electrons. The third-order valence-electron chi connectivity index (χ3n) is 16.8. The Hall–Kier alpha value is -5.45. The number of aliphatic hydroxyl groups is 2. The first-order chi connectivity index (χ1) is 38.5. The predicted octanol–water partition coefficient (Wildman–Crippen LogP) is 10.8. The van der Waals surface area contributed by atoms with E-state index < -0.39 is 40.1 Å². The molecule has 2 aromatic carbocycles. The van der Waals surface area contributed by atoms with Crippen molar-refractivity contribution in [3.05, 3.63) is 58.1 Å². The van der Waals surface area contributed by atoms with Gasteiger partial charge >= 0.3 is 0 Å². The summed E-state index contributed by atoms with van der Waals surface area (Å²) in [7, 11) is 0.871. The highest BCUT2D eigenvalue weighted by Gasteiger charge is 2.49. The van der Waals surface area contributed by atoms with E-state index in [1.807, 2.05) is 23.6 Å². The standard InChI is InChI=1S/C28H36BrF2N7O2Si.C28H37F2N7O2Si/c1-15-12-16-6-9-20(22(15)30)38(16)27-19(13-39)32-25-24(17-7-8-18-21(23(17)31)26(29)36(2)34-18)35-37(28(25)33-27)14-40-10-11-41(3,4)5;1-16-12-17-6-9-22(23(16)29)37(17)27-21(14-38)31-26-25(18-7-8-20-19(24(18)30)13-35(2)33-20)34-36(28(26)32-27)15-39-10-11-40(3,4)5/h7-8,15-16,20,22,39H,6,9-14H2,1-5H3;7-8,13,16-17,22-23,38H,6,9-12,14-15H2,1-5H3/t15-,16-,20+,22-;16-,17-,22+,23-/m00/s1. The van der Waals surface area contributed by atoms with Crippen LogP contribution in [0.5, 0.6) is 0 Å². The minimum Gasteiger partial charge on any atom is -0.390 e. The summed E-state index contributed by atoms with van der Waals surface area (Å²) in [5.74, 6) is -0.0207. The average Bonchev–Trinajstić information content (AvgIpc) is 4.30. The van der Waals surface area contributed by atoms with Gasteiger partial charge in [-0.15, -0.1) is 0 Å². The number of halogens is 5. The summed E-state index contributed by atoms with van der Waals surface area (Å²) < 4.78 is 81.4. The van der Waals surface area contributed by atoms with Crippen LogP contribution in [0, 0.1) is 23.5 Å². The lowest BCUT2D eigenvalue weighted by molar-refractivity contribution is 0.0813. The van der Waals surface area contributed by atoms with E-state index in [0.717, 1.165) is 50.6 Å². The number of anilines is 2. The highest BCUT2D eigenvalue weighted by atomic mass is 79.9. The van der Waals surface area contributed by atoms with Crippen LogP contribution < -0.4 is 9.80 Å². The van der Waals surface area contributed by atoms with Crippen LogP contribution in [0.25, 0.3) is 66.6 Å². The summed E-state index contributed by atoms with van der Waals surface area (Å²) in [5, 5.41) is 39.7. The molecule has 6 aromatic heterocycles. The lowest BCUT2D eigenvalue weighted by Crippen LogP contribution is -2.50. The van der Waals surface area contributed by atoms with E-state index >= 15 is 17.6 Å². The van der Waals surface area contributed by atoms with E-state index in [-0.39, 0.29) is 73.8 Å². The molecule has 8 aromatic rings. The van der Waals surface area contributed by atoms with Crippen LogP contribution in [-0.4, -0.2) is 135 Å². The number of nitrogens with zero attached hydrogens (tertiary/aromatic N) is 14. The van der Waals surface area contributed by atoms with Crippen LogP contribution in [0.2, 0.25) is 51.4 Å². The highest BCUT2D eigenvalue weighted by Crippen LogP contribution is 2.46. The molecule has 434 valence electrons. The van der Waals surface area contributed by atoms with Crippen molar-refractivity contribution in [2.45, 2.75) is 167 Å². The Kier molecular flexibility index (Phi) is 15.8. The molecule has 0 amide bonds. The summed E-state index contributed by atoms with van der Waals surface area (Å²) >= 11 is 3.44. The van der Waals surface area contributed by atoms with Gasteiger partial charge in [0, 0.05) is 72.9 Å². The molecule has 8 atom stereocenters. The molecule has 0 aliphatic carbocycles. The Morgan fingerprint density at radius 3 is 1.57 bits per heavy atom. The fraction of sp³-hybridized carbons (Fsp3) is 0.571. The van der Waals surface area contributed by atoms with E-state index in [4.69, 9.17) is 39.6 Å². The van der Waals surface area contributed by atoms with Crippen molar-refractivity contribution in [3.8, 4) is 22.5 Å². The molecule has 4 aliphatic rings. The first-order valence-corrected chi connectivity index (χ1v) is 36.4. The molecule has 81 heavy (non-hydrogen) atoms. The second kappa shape index (κ2) is 22.3. The smallest absolute Gasteiger partial charge is 0.181 e. The Morgan fingerprint density at radius 1 is 0.630 bits per heavy atom. The van der Waals surface area contributed by atoms with Crippen molar-refractivity contribution < 1.29 is 37.2 Å². The second-order valence-corrected chi connectivity index (χ2v) is 37.2. The molecule has 25 heteroatoms. The quantitative estimate of drug-likeness (QED) is 0.0528. The average molecular weight is 1220 g/mol. The fourth-order valence-electron chi connectivity index (χ4n) is 12.4. The number of rotatable bonds is 16. The van der Waals surface area contributed by atoms with Gasteiger partial charge in [0.1, 0.15) is 75.9 Å². The number of benzene rings is 2. The zero-order valence-electron chi connectivity index (χ0n) is 47.8. The topological polar surface area (TPSA) is 188 Å². The van der Waals surface area contributed by atoms with E-state index in [1.165, 1.54) is 0 Å². The molecular weight excluding hydrogens is 1140 g/mol. The number of alkyl halides is 2. The molecule has 4 aliphatic heterocycles. The second-order valence-electron chi connectivity index (χ2n) is 25.2. The van der Waals surface area contributed by atoms with Gasteiger partial charge in [-0.1, -0.05) is 53.1 Å². The van der Waals surface area contributed by atoms with Crippen molar-refractivity contribution >= 4 is 87.8 Å². The SMILES string of the molecule is C[C@H]1C[C@@H]2CC[C@H]([C@H]1F)N2c1nc2c(nc1CO)c(-c1ccc3nn(C)c(Br)c3c1F)nn2COCC[Si](C)(C)C.C[C@H]1C[C@@H]2CC[C@H]([C@H]1F)N2c1nc2c(nc1CO)c(-c1ccc3nn(C)cc3c1F)nn2COCC[Si](C)(C)C. The van der Waals surface area contributed by atoms with E-state index in [1.54, 1.807) is 63.3 Å². The fourth-order valence-corrected chi connectivity index (χ4v) is 14.4. The number of aromatic nitrogens is 12. The molecule has 12 rings (SSSR count). The number of ether oxygens (including phenoxy) is 2. The summed E-state index contributed by atoms with van der Waals surface area (Å²) in [5.41, 5.74) is 4.45. The van der Waals surface area contributed by atoms with Gasteiger partial charge in [-0.05, 0) is 103 Å². The maximum absolute atomic E-state index is 16.0. The Balaban J connectivity index is 0.000000170. The molecule has 4 fully saturated rings. The molecule has 2 N–H and O–H groups in total. The third kappa shape index (κ3) is 10.8. The monoisotopic (exact) mass is 1220 g/mol. The molecule has 4 bridgehead atoms. The highest BCUT2D eigenvalue weighted by molar-refractivity contribution is 9.10. The molecule has 18 nitrogen and oxygen atoms in total. The minimum atomic E-state index is -1.31. The number of piperidine rings is 2. The minimum absolute atomic E-state index is 0.0229. The van der Waals surface area contributed by atoms with Crippen LogP contribution >= 0.6 is 15.9 Å². The van der Waals surface area contributed by atoms with Gasteiger partial charge < -0.3 is 29.5 Å². The number of hydrogen-bond donors (Lipinski definition) is 2. The van der Waals surface area contributed by atoms with Crippen LogP contribution in [0.15, 0.2) is 35.1 Å². The van der Waals surface area contributed by atoms with Crippen LogP contribution in [-0.2, 0) is 50.2 Å². The number of hydrogen-bond acceptors (Lipinski definition) is 14. The zero-order chi connectivity index (χ0) is 57.6. The van der Waals surface area contributed by atoms with Gasteiger partial charge in [0.15, 0.2) is 22.9 Å². The van der Waals surface area contributed by atoms with Crippen LogP contribution in [0.4, 0.5) is 29.2 Å². The van der Waals surface area contributed by atoms with Gasteiger partial charge in [0.2, 0.25) is 0 Å². The molecular formula is C56H73BrF4N14O4Si2. The normalized spacial score (nSPS) is 23.0. The van der Waals surface area contributed by atoms with E-state index in [9.17, 15) is 10.2 Å².